The van der Waals surface area contributed by atoms with Gasteiger partial charge < -0.3 is 14.2 Å². The Hall–Kier alpha value is -2.11. The van der Waals surface area contributed by atoms with Crippen LogP contribution < -0.4 is 10.4 Å². The van der Waals surface area contributed by atoms with Gasteiger partial charge in [0.1, 0.15) is 0 Å². The van der Waals surface area contributed by atoms with Crippen molar-refractivity contribution in [1.29, 1.82) is 0 Å². The van der Waals surface area contributed by atoms with Crippen molar-refractivity contribution < 1.29 is 14.1 Å². The third-order valence-corrected chi connectivity index (χ3v) is 6.24. The maximum Gasteiger partial charge on any atom is 0.495 e. The number of hydrogen-bond acceptors (Lipinski definition) is 3. The van der Waals surface area contributed by atoms with Crippen LogP contribution in [0.5, 0.6) is 0 Å². The summed E-state index contributed by atoms with van der Waals surface area (Å²) >= 11 is 0. The Bertz CT molecular complexity index is 890. The molecule has 5 heteroatoms. The molecular formula is C22H26BNO3. The summed E-state index contributed by atoms with van der Waals surface area (Å²) in [6, 6.07) is 13.9. The van der Waals surface area contributed by atoms with Gasteiger partial charge in [-0.3, -0.25) is 4.79 Å². The first kappa shape index (κ1) is 18.3. The largest absolute Gasteiger partial charge is 0.495 e. The number of benzene rings is 2. The van der Waals surface area contributed by atoms with E-state index in [1.807, 2.05) is 54.3 Å². The predicted molar refractivity (Wildman–Crippen MR) is 109 cm³/mol. The lowest BCUT2D eigenvalue weighted by Gasteiger charge is -2.32. The average molecular weight is 363 g/mol. The normalized spacial score (nSPS) is 20.7. The van der Waals surface area contributed by atoms with Gasteiger partial charge in [0.2, 0.25) is 0 Å². The number of nitrogens with zero attached hydrogens (tertiary/aromatic N) is 1. The molecule has 0 unspecified atom stereocenters. The van der Waals surface area contributed by atoms with Crippen molar-refractivity contribution in [2.45, 2.75) is 52.2 Å². The van der Waals surface area contributed by atoms with Gasteiger partial charge in [-0.25, -0.2) is 0 Å². The van der Waals surface area contributed by atoms with E-state index in [0.29, 0.717) is 6.54 Å². The van der Waals surface area contributed by atoms with Crippen molar-refractivity contribution in [3.63, 3.8) is 0 Å². The monoisotopic (exact) mass is 363 g/mol. The molecule has 1 fully saturated rings. The van der Waals surface area contributed by atoms with Crippen molar-refractivity contribution >= 4 is 24.2 Å². The van der Waals surface area contributed by atoms with Crippen molar-refractivity contribution in [3.05, 3.63) is 59.2 Å². The van der Waals surface area contributed by atoms with E-state index in [1.165, 1.54) is 0 Å². The molecule has 0 atom stereocenters. The minimum Gasteiger partial charge on any atom is -0.399 e. The average Bonchev–Trinajstić information content (AvgIpc) is 2.84. The first-order valence-electron chi connectivity index (χ1n) is 9.56. The number of anilines is 1. The van der Waals surface area contributed by atoms with E-state index in [-0.39, 0.29) is 17.1 Å². The second-order valence-corrected chi connectivity index (χ2v) is 8.44. The highest BCUT2D eigenvalue weighted by atomic mass is 16.7. The molecule has 2 aliphatic rings. The number of carbonyl (C=O) groups is 1. The van der Waals surface area contributed by atoms with Crippen molar-refractivity contribution in [2.75, 3.05) is 11.4 Å². The van der Waals surface area contributed by atoms with Gasteiger partial charge in [0, 0.05) is 17.8 Å². The van der Waals surface area contributed by atoms with Gasteiger partial charge in [0.15, 0.2) is 0 Å². The van der Waals surface area contributed by atoms with Gasteiger partial charge >= 0.3 is 7.12 Å². The van der Waals surface area contributed by atoms with Crippen LogP contribution in [0.1, 0.15) is 49.2 Å². The summed E-state index contributed by atoms with van der Waals surface area (Å²) in [6.45, 7) is 10.9. The molecule has 27 heavy (non-hydrogen) atoms. The van der Waals surface area contributed by atoms with Crippen LogP contribution in [0.15, 0.2) is 42.5 Å². The topological polar surface area (TPSA) is 38.8 Å². The number of carbonyl (C=O) groups excluding carboxylic acids is 1. The first-order chi connectivity index (χ1) is 12.7. The van der Waals surface area contributed by atoms with Gasteiger partial charge in [-0.1, -0.05) is 30.3 Å². The molecule has 2 aromatic carbocycles. The maximum atomic E-state index is 13.1. The Labute approximate surface area is 161 Å². The van der Waals surface area contributed by atoms with Crippen LogP contribution >= 0.6 is 0 Å². The van der Waals surface area contributed by atoms with Crippen molar-refractivity contribution in [3.8, 4) is 0 Å². The molecule has 2 heterocycles. The van der Waals surface area contributed by atoms with Gasteiger partial charge in [0.25, 0.3) is 5.91 Å². The maximum absolute atomic E-state index is 13.1. The molecule has 0 aromatic heterocycles. The third-order valence-electron chi connectivity index (χ3n) is 6.24. The van der Waals surface area contributed by atoms with Crippen LogP contribution in [-0.2, 0) is 15.7 Å². The van der Waals surface area contributed by atoms with Gasteiger partial charge in [-0.15, -0.1) is 0 Å². The molecule has 2 aliphatic heterocycles. The molecular weight excluding hydrogens is 337 g/mol. The number of fused-ring (bicyclic) bond motifs is 1. The third kappa shape index (κ3) is 2.90. The molecule has 2 aromatic rings. The lowest BCUT2D eigenvalue weighted by Crippen LogP contribution is -2.41. The quantitative estimate of drug-likeness (QED) is 0.767. The summed E-state index contributed by atoms with van der Waals surface area (Å²) in [6.07, 6.45) is 0.863. The highest BCUT2D eigenvalue weighted by Crippen LogP contribution is 2.37. The molecule has 0 saturated carbocycles. The summed E-state index contributed by atoms with van der Waals surface area (Å²) in [7, 11) is -0.429. The smallest absolute Gasteiger partial charge is 0.399 e. The molecule has 0 spiro atoms. The molecule has 4 nitrogen and oxygen atoms in total. The Kier molecular flexibility index (Phi) is 4.20. The zero-order valence-electron chi connectivity index (χ0n) is 16.7. The molecule has 0 N–H and O–H groups in total. The number of amides is 1. The summed E-state index contributed by atoms with van der Waals surface area (Å²) in [4.78, 5) is 15.0. The summed E-state index contributed by atoms with van der Waals surface area (Å²) in [5, 5.41) is 0. The van der Waals surface area contributed by atoms with Gasteiger partial charge in [-0.05, 0) is 69.8 Å². The van der Waals surface area contributed by atoms with E-state index in [0.717, 1.165) is 34.3 Å². The van der Waals surface area contributed by atoms with E-state index < -0.39 is 7.12 Å². The predicted octanol–water partition coefficient (Wildman–Crippen LogP) is 3.50. The summed E-state index contributed by atoms with van der Waals surface area (Å²) in [5.74, 6) is 0.0611. The van der Waals surface area contributed by atoms with Crippen LogP contribution in [0, 0.1) is 6.92 Å². The van der Waals surface area contributed by atoms with Crippen LogP contribution in [0.2, 0.25) is 0 Å². The highest BCUT2D eigenvalue weighted by Gasteiger charge is 2.52. The van der Waals surface area contributed by atoms with Crippen LogP contribution in [0.4, 0.5) is 5.69 Å². The van der Waals surface area contributed by atoms with E-state index in [9.17, 15) is 4.79 Å². The fourth-order valence-electron chi connectivity index (χ4n) is 3.81. The molecule has 0 bridgehead atoms. The SMILES string of the molecule is Cc1c(B2OC(C)(C)C(C)(C)O2)cccc1N1CCc2ccccc2C1=O. The Morgan fingerprint density at radius 1 is 0.963 bits per heavy atom. The summed E-state index contributed by atoms with van der Waals surface area (Å²) in [5.41, 5.74) is 4.09. The zero-order chi connectivity index (χ0) is 19.4. The molecule has 1 saturated heterocycles. The van der Waals surface area contributed by atoms with Crippen LogP contribution in [0.25, 0.3) is 0 Å². The van der Waals surface area contributed by atoms with Gasteiger partial charge in [-0.2, -0.15) is 0 Å². The van der Waals surface area contributed by atoms with E-state index in [1.54, 1.807) is 0 Å². The highest BCUT2D eigenvalue weighted by molar-refractivity contribution is 6.62. The molecule has 4 rings (SSSR count). The van der Waals surface area contributed by atoms with Crippen LogP contribution in [-0.4, -0.2) is 30.8 Å². The Morgan fingerprint density at radius 3 is 2.33 bits per heavy atom. The Morgan fingerprint density at radius 2 is 1.63 bits per heavy atom. The minimum atomic E-state index is -0.429. The van der Waals surface area contributed by atoms with Crippen molar-refractivity contribution in [2.24, 2.45) is 0 Å². The lowest BCUT2D eigenvalue weighted by atomic mass is 9.75. The molecule has 0 radical (unpaired) electrons. The Balaban J connectivity index is 1.69. The van der Waals surface area contributed by atoms with E-state index in [4.69, 9.17) is 9.31 Å². The fourth-order valence-corrected chi connectivity index (χ4v) is 3.81. The number of rotatable bonds is 2. The van der Waals surface area contributed by atoms with E-state index >= 15 is 0 Å². The summed E-state index contributed by atoms with van der Waals surface area (Å²) < 4.78 is 12.5. The van der Waals surface area contributed by atoms with Gasteiger partial charge in [0.05, 0.1) is 11.2 Å². The molecule has 1 amide bonds. The first-order valence-corrected chi connectivity index (χ1v) is 9.56. The second kappa shape index (κ2) is 6.21. The zero-order valence-corrected chi connectivity index (χ0v) is 16.7. The lowest BCUT2D eigenvalue weighted by molar-refractivity contribution is 0.00578. The molecule has 0 aliphatic carbocycles. The van der Waals surface area contributed by atoms with Crippen LogP contribution in [0.3, 0.4) is 0 Å². The minimum absolute atomic E-state index is 0.0611. The number of hydrogen-bond donors (Lipinski definition) is 0. The fraction of sp³-hybridized carbons (Fsp3) is 0.409. The standard InChI is InChI=1S/C22H26BNO3/c1-15-18(23-26-21(2,3)22(4,5)27-23)11-8-12-19(15)24-14-13-16-9-6-7-10-17(16)20(24)25/h6-12H,13-14H2,1-5H3. The van der Waals surface area contributed by atoms with E-state index in [2.05, 4.69) is 27.7 Å². The molecule has 140 valence electrons. The second-order valence-electron chi connectivity index (χ2n) is 8.44. The van der Waals surface area contributed by atoms with Crippen molar-refractivity contribution in [1.82, 2.24) is 0 Å².